The van der Waals surface area contributed by atoms with Gasteiger partial charge in [-0.3, -0.25) is 5.32 Å². The minimum absolute atomic E-state index is 0.395. The summed E-state index contributed by atoms with van der Waals surface area (Å²) in [5.41, 5.74) is 0.391. The summed E-state index contributed by atoms with van der Waals surface area (Å²) in [7, 11) is 0. The van der Waals surface area contributed by atoms with Crippen LogP contribution in [0.3, 0.4) is 0 Å². The maximum absolute atomic E-state index is 11.6. The summed E-state index contributed by atoms with van der Waals surface area (Å²) in [5.74, 6) is 0.480. The van der Waals surface area contributed by atoms with Crippen LogP contribution in [0.1, 0.15) is 50.3 Å². The number of aryl methyl sites for hydroxylation is 1. The molecule has 1 heterocycles. The van der Waals surface area contributed by atoms with Crippen LogP contribution in [0.2, 0.25) is 0 Å². The molecule has 4 heteroatoms. The fourth-order valence-electron chi connectivity index (χ4n) is 1.33. The number of carbonyl (C=O) groups excluding carboxylic acids is 1. The second-order valence-corrected chi connectivity index (χ2v) is 6.69. The highest BCUT2D eigenvalue weighted by Crippen LogP contribution is 2.31. The van der Waals surface area contributed by atoms with Crippen LogP contribution >= 0.6 is 11.3 Å². The van der Waals surface area contributed by atoms with E-state index in [1.165, 1.54) is 4.88 Å². The molecular formula is C13H21NO2S. The van der Waals surface area contributed by atoms with Gasteiger partial charge in [0.1, 0.15) is 5.60 Å². The number of hydrogen-bond acceptors (Lipinski definition) is 3. The molecule has 0 atom stereocenters. The summed E-state index contributed by atoms with van der Waals surface area (Å²) < 4.78 is 5.22. The Morgan fingerprint density at radius 2 is 2.00 bits per heavy atom. The first-order valence-electron chi connectivity index (χ1n) is 5.79. The molecule has 1 N–H and O–H groups in total. The Morgan fingerprint density at radius 1 is 1.41 bits per heavy atom. The van der Waals surface area contributed by atoms with Gasteiger partial charge in [-0.1, -0.05) is 13.8 Å². The van der Waals surface area contributed by atoms with Crippen molar-refractivity contribution in [3.63, 3.8) is 0 Å². The third-order valence-electron chi connectivity index (χ3n) is 2.14. The zero-order chi connectivity index (χ0) is 13.2. The van der Waals surface area contributed by atoms with Crippen molar-refractivity contribution >= 4 is 23.1 Å². The Kier molecular flexibility index (Phi) is 4.20. The summed E-state index contributed by atoms with van der Waals surface area (Å²) in [6.45, 7) is 11.8. The van der Waals surface area contributed by atoms with Crippen molar-refractivity contribution in [1.29, 1.82) is 0 Å². The smallest absolute Gasteiger partial charge is 0.412 e. The molecule has 0 saturated heterocycles. The highest BCUT2D eigenvalue weighted by Gasteiger charge is 2.18. The normalized spacial score (nSPS) is 11.7. The van der Waals surface area contributed by atoms with Crippen molar-refractivity contribution in [1.82, 2.24) is 0 Å². The summed E-state index contributed by atoms with van der Waals surface area (Å²) in [5, 5.41) is 2.79. The van der Waals surface area contributed by atoms with E-state index in [2.05, 4.69) is 19.2 Å². The quantitative estimate of drug-likeness (QED) is 0.843. The summed E-state index contributed by atoms with van der Waals surface area (Å²) >= 11 is 1.71. The third-order valence-corrected chi connectivity index (χ3v) is 3.49. The first kappa shape index (κ1) is 14.0. The number of amides is 1. The molecular weight excluding hydrogens is 234 g/mol. The largest absolute Gasteiger partial charge is 0.444 e. The van der Waals surface area contributed by atoms with Crippen LogP contribution in [0.15, 0.2) is 6.07 Å². The molecule has 0 aliphatic heterocycles. The first-order chi connectivity index (χ1) is 7.69. The van der Waals surface area contributed by atoms with Crippen LogP contribution in [0.4, 0.5) is 10.5 Å². The van der Waals surface area contributed by atoms with Gasteiger partial charge >= 0.3 is 6.09 Å². The highest BCUT2D eigenvalue weighted by atomic mass is 32.1. The van der Waals surface area contributed by atoms with Crippen LogP contribution in [0.5, 0.6) is 0 Å². The molecule has 3 nitrogen and oxygen atoms in total. The molecule has 0 aliphatic carbocycles. The third kappa shape index (κ3) is 4.38. The van der Waals surface area contributed by atoms with Crippen molar-refractivity contribution in [3.05, 3.63) is 15.8 Å². The fraction of sp³-hybridized carbons (Fsp3) is 0.615. The second kappa shape index (κ2) is 5.08. The van der Waals surface area contributed by atoms with Crippen LogP contribution in [0.25, 0.3) is 0 Å². The van der Waals surface area contributed by atoms with E-state index in [1.807, 2.05) is 33.8 Å². The zero-order valence-corrected chi connectivity index (χ0v) is 12.2. The molecule has 0 radical (unpaired) electrons. The van der Waals surface area contributed by atoms with E-state index in [4.69, 9.17) is 4.74 Å². The number of thiophene rings is 1. The standard InChI is InChI=1S/C13H21NO2S/c1-8(2)11-7-10(9(3)17-11)14-12(15)16-13(4,5)6/h7-8H,1-6H3,(H,14,15). The van der Waals surface area contributed by atoms with E-state index >= 15 is 0 Å². The van der Waals surface area contributed by atoms with Gasteiger partial charge in [0.2, 0.25) is 0 Å². The molecule has 0 spiro atoms. The van der Waals surface area contributed by atoms with E-state index < -0.39 is 11.7 Å². The minimum Gasteiger partial charge on any atom is -0.444 e. The molecule has 0 unspecified atom stereocenters. The monoisotopic (exact) mass is 255 g/mol. The van der Waals surface area contributed by atoms with E-state index in [-0.39, 0.29) is 0 Å². The second-order valence-electron chi connectivity index (χ2n) is 5.40. The molecule has 0 aromatic carbocycles. The van der Waals surface area contributed by atoms with Crippen LogP contribution in [-0.2, 0) is 4.74 Å². The molecule has 0 aliphatic rings. The molecule has 0 bridgehead atoms. The van der Waals surface area contributed by atoms with Crippen molar-refractivity contribution in [2.75, 3.05) is 5.32 Å². The number of anilines is 1. The molecule has 0 fully saturated rings. The highest BCUT2D eigenvalue weighted by molar-refractivity contribution is 7.12. The SMILES string of the molecule is Cc1sc(C(C)C)cc1NC(=O)OC(C)(C)C. The Balaban J connectivity index is 2.72. The van der Waals surface area contributed by atoms with Crippen molar-refractivity contribution in [2.24, 2.45) is 0 Å². The number of ether oxygens (including phenoxy) is 1. The Morgan fingerprint density at radius 3 is 2.41 bits per heavy atom. The molecule has 1 aromatic heterocycles. The maximum atomic E-state index is 11.6. The Hall–Kier alpha value is -1.03. The van der Waals surface area contributed by atoms with Crippen molar-refractivity contribution < 1.29 is 9.53 Å². The van der Waals surface area contributed by atoms with E-state index in [0.29, 0.717) is 5.92 Å². The van der Waals surface area contributed by atoms with Gasteiger partial charge in [-0.15, -0.1) is 11.3 Å². The van der Waals surface area contributed by atoms with Gasteiger partial charge < -0.3 is 4.74 Å². The Labute approximate surface area is 107 Å². The van der Waals surface area contributed by atoms with Gasteiger partial charge in [-0.05, 0) is 39.7 Å². The average molecular weight is 255 g/mol. The van der Waals surface area contributed by atoms with E-state index in [0.717, 1.165) is 10.6 Å². The van der Waals surface area contributed by atoms with E-state index in [9.17, 15) is 4.79 Å². The lowest BCUT2D eigenvalue weighted by Crippen LogP contribution is -2.27. The lowest BCUT2D eigenvalue weighted by Gasteiger charge is -2.19. The lowest BCUT2D eigenvalue weighted by molar-refractivity contribution is 0.0636. The lowest BCUT2D eigenvalue weighted by atomic mass is 10.2. The van der Waals surface area contributed by atoms with Gasteiger partial charge in [0.15, 0.2) is 0 Å². The maximum Gasteiger partial charge on any atom is 0.412 e. The average Bonchev–Trinajstić information content (AvgIpc) is 2.44. The number of rotatable bonds is 2. The molecule has 96 valence electrons. The van der Waals surface area contributed by atoms with Gasteiger partial charge in [-0.2, -0.15) is 0 Å². The molecule has 1 rings (SSSR count). The fourth-order valence-corrected chi connectivity index (χ4v) is 2.31. The van der Waals surface area contributed by atoms with Crippen molar-refractivity contribution in [3.8, 4) is 0 Å². The predicted octanol–water partition coefficient (Wildman–Crippen LogP) is 4.53. The van der Waals surface area contributed by atoms with E-state index in [1.54, 1.807) is 11.3 Å². The zero-order valence-electron chi connectivity index (χ0n) is 11.4. The number of carbonyl (C=O) groups is 1. The summed E-state index contributed by atoms with van der Waals surface area (Å²) in [6, 6.07) is 2.02. The summed E-state index contributed by atoms with van der Waals surface area (Å²) in [4.78, 5) is 14.0. The van der Waals surface area contributed by atoms with Gasteiger partial charge in [0, 0.05) is 9.75 Å². The molecule has 1 amide bonds. The van der Waals surface area contributed by atoms with Gasteiger partial charge in [0.25, 0.3) is 0 Å². The molecule has 17 heavy (non-hydrogen) atoms. The number of hydrogen-bond donors (Lipinski definition) is 1. The topological polar surface area (TPSA) is 38.3 Å². The molecule has 0 saturated carbocycles. The van der Waals surface area contributed by atoms with Crippen molar-refractivity contribution in [2.45, 2.75) is 53.1 Å². The van der Waals surface area contributed by atoms with Crippen LogP contribution in [-0.4, -0.2) is 11.7 Å². The van der Waals surface area contributed by atoms with Crippen LogP contribution in [0, 0.1) is 6.92 Å². The molecule has 1 aromatic rings. The Bertz CT molecular complexity index is 402. The first-order valence-corrected chi connectivity index (χ1v) is 6.61. The summed E-state index contributed by atoms with van der Waals surface area (Å²) in [6.07, 6.45) is -0.395. The van der Waals surface area contributed by atoms with Gasteiger partial charge in [-0.25, -0.2) is 4.79 Å². The van der Waals surface area contributed by atoms with Crippen LogP contribution < -0.4 is 5.32 Å². The predicted molar refractivity (Wildman–Crippen MR) is 73.0 cm³/mol. The van der Waals surface area contributed by atoms with Gasteiger partial charge in [0.05, 0.1) is 5.69 Å². The number of nitrogens with one attached hydrogen (secondary N) is 1. The minimum atomic E-state index is -0.463.